The third kappa shape index (κ3) is 3.24. The molecule has 1 amide bonds. The van der Waals surface area contributed by atoms with E-state index in [0.717, 1.165) is 25.9 Å². The lowest BCUT2D eigenvalue weighted by molar-refractivity contribution is -0.135. The number of amides is 1. The molecule has 0 aliphatic carbocycles. The van der Waals surface area contributed by atoms with Crippen molar-refractivity contribution in [2.24, 2.45) is 5.92 Å². The highest BCUT2D eigenvalue weighted by Crippen LogP contribution is 2.18. The van der Waals surface area contributed by atoms with Crippen LogP contribution in [0.1, 0.15) is 18.4 Å². The van der Waals surface area contributed by atoms with E-state index < -0.39 is 0 Å². The molecular weight excluding hydrogens is 260 g/mol. The van der Waals surface area contributed by atoms with Gasteiger partial charge in [-0.2, -0.15) is 0 Å². The molecule has 1 aliphatic rings. The topological polar surface area (TPSA) is 32.3 Å². The van der Waals surface area contributed by atoms with Crippen LogP contribution in [0.5, 0.6) is 0 Å². The van der Waals surface area contributed by atoms with Gasteiger partial charge in [0.2, 0.25) is 5.91 Å². The highest BCUT2D eigenvalue weighted by Gasteiger charge is 2.23. The fraction of sp³-hybridized carbons (Fsp3) is 0.389. The van der Waals surface area contributed by atoms with Crippen molar-refractivity contribution < 1.29 is 4.79 Å². The summed E-state index contributed by atoms with van der Waals surface area (Å²) in [6.45, 7) is 2.54. The summed E-state index contributed by atoms with van der Waals surface area (Å²) in [5.74, 6) is 0.402. The number of carbonyl (C=O) groups excluding carboxylic acids is 1. The van der Waals surface area contributed by atoms with Crippen molar-refractivity contribution in [3.63, 3.8) is 0 Å². The van der Waals surface area contributed by atoms with E-state index in [1.165, 1.54) is 16.3 Å². The summed E-state index contributed by atoms with van der Waals surface area (Å²) in [6.07, 6.45) is 2.11. The SMILES string of the molecule is CN(Cc1ccc2ccccc2c1)C(=O)[C@H]1CCCNC1. The van der Waals surface area contributed by atoms with Gasteiger partial charge in [0.05, 0.1) is 5.92 Å². The van der Waals surface area contributed by atoms with Gasteiger partial charge in [-0.05, 0) is 41.8 Å². The number of nitrogens with one attached hydrogen (secondary N) is 1. The minimum Gasteiger partial charge on any atom is -0.341 e. The van der Waals surface area contributed by atoms with E-state index in [1.807, 2.05) is 18.0 Å². The number of nitrogens with zero attached hydrogens (tertiary/aromatic N) is 1. The van der Waals surface area contributed by atoms with Gasteiger partial charge in [0.15, 0.2) is 0 Å². The van der Waals surface area contributed by atoms with Crippen LogP contribution in [0.2, 0.25) is 0 Å². The van der Waals surface area contributed by atoms with Gasteiger partial charge >= 0.3 is 0 Å². The Hall–Kier alpha value is -1.87. The second kappa shape index (κ2) is 6.27. The predicted octanol–water partition coefficient (Wildman–Crippen LogP) is 2.80. The van der Waals surface area contributed by atoms with Crippen LogP contribution in [0.4, 0.5) is 0 Å². The molecule has 1 saturated heterocycles. The molecule has 1 fully saturated rings. The minimum absolute atomic E-state index is 0.143. The lowest BCUT2D eigenvalue weighted by Gasteiger charge is -2.27. The molecule has 1 heterocycles. The zero-order valence-electron chi connectivity index (χ0n) is 12.5. The lowest BCUT2D eigenvalue weighted by Crippen LogP contribution is -2.41. The fourth-order valence-electron chi connectivity index (χ4n) is 3.06. The van der Waals surface area contributed by atoms with E-state index in [9.17, 15) is 4.79 Å². The van der Waals surface area contributed by atoms with Gasteiger partial charge in [-0.3, -0.25) is 4.79 Å². The molecule has 2 aromatic rings. The van der Waals surface area contributed by atoms with Gasteiger partial charge in [-0.1, -0.05) is 36.4 Å². The Balaban J connectivity index is 1.70. The summed E-state index contributed by atoms with van der Waals surface area (Å²) in [4.78, 5) is 14.3. The fourth-order valence-corrected chi connectivity index (χ4v) is 3.06. The van der Waals surface area contributed by atoms with Crippen LogP contribution in [0.15, 0.2) is 42.5 Å². The second-order valence-electron chi connectivity index (χ2n) is 5.92. The van der Waals surface area contributed by atoms with Crippen LogP contribution < -0.4 is 5.32 Å². The van der Waals surface area contributed by atoms with Crippen LogP contribution in [-0.2, 0) is 11.3 Å². The third-order valence-electron chi connectivity index (χ3n) is 4.26. The number of hydrogen-bond donors (Lipinski definition) is 1. The predicted molar refractivity (Wildman–Crippen MR) is 86.0 cm³/mol. The highest BCUT2D eigenvalue weighted by molar-refractivity contribution is 5.83. The van der Waals surface area contributed by atoms with Crippen LogP contribution in [0.25, 0.3) is 10.8 Å². The van der Waals surface area contributed by atoms with Crippen molar-refractivity contribution in [3.8, 4) is 0 Å². The van der Waals surface area contributed by atoms with E-state index in [2.05, 4.69) is 41.7 Å². The van der Waals surface area contributed by atoms with Crippen molar-refractivity contribution in [2.45, 2.75) is 19.4 Å². The monoisotopic (exact) mass is 282 g/mol. The third-order valence-corrected chi connectivity index (χ3v) is 4.26. The Labute approximate surface area is 125 Å². The first-order valence-corrected chi connectivity index (χ1v) is 7.67. The molecule has 0 saturated carbocycles. The maximum absolute atomic E-state index is 12.5. The van der Waals surface area contributed by atoms with Crippen molar-refractivity contribution in [1.29, 1.82) is 0 Å². The van der Waals surface area contributed by atoms with Crippen molar-refractivity contribution in [3.05, 3.63) is 48.0 Å². The van der Waals surface area contributed by atoms with Crippen molar-refractivity contribution >= 4 is 16.7 Å². The number of fused-ring (bicyclic) bond motifs is 1. The summed E-state index contributed by atoms with van der Waals surface area (Å²) in [6, 6.07) is 14.8. The Bertz CT molecular complexity index is 632. The smallest absolute Gasteiger partial charge is 0.227 e. The molecule has 3 heteroatoms. The number of benzene rings is 2. The minimum atomic E-state index is 0.143. The van der Waals surface area contributed by atoms with E-state index in [4.69, 9.17) is 0 Å². The van der Waals surface area contributed by atoms with Crippen molar-refractivity contribution in [2.75, 3.05) is 20.1 Å². The molecule has 2 aromatic carbocycles. The lowest BCUT2D eigenvalue weighted by atomic mass is 9.98. The highest BCUT2D eigenvalue weighted by atomic mass is 16.2. The average Bonchev–Trinajstić information content (AvgIpc) is 2.55. The van der Waals surface area contributed by atoms with Crippen LogP contribution >= 0.6 is 0 Å². The molecule has 3 rings (SSSR count). The van der Waals surface area contributed by atoms with Gasteiger partial charge < -0.3 is 10.2 Å². The number of hydrogen-bond acceptors (Lipinski definition) is 2. The Morgan fingerprint density at radius 2 is 2.05 bits per heavy atom. The second-order valence-corrected chi connectivity index (χ2v) is 5.92. The zero-order chi connectivity index (χ0) is 14.7. The summed E-state index contributed by atoms with van der Waals surface area (Å²) in [5, 5.41) is 5.79. The molecular formula is C18H22N2O. The van der Waals surface area contributed by atoms with E-state index >= 15 is 0 Å². The van der Waals surface area contributed by atoms with Crippen LogP contribution in [-0.4, -0.2) is 30.9 Å². The summed E-state index contributed by atoms with van der Waals surface area (Å²) < 4.78 is 0. The van der Waals surface area contributed by atoms with Gasteiger partial charge in [0, 0.05) is 20.1 Å². The maximum Gasteiger partial charge on any atom is 0.227 e. The van der Waals surface area contributed by atoms with E-state index in [0.29, 0.717) is 6.54 Å². The first kappa shape index (κ1) is 14.1. The Kier molecular flexibility index (Phi) is 4.20. The quantitative estimate of drug-likeness (QED) is 0.939. The zero-order valence-corrected chi connectivity index (χ0v) is 12.5. The normalized spacial score (nSPS) is 18.6. The molecule has 3 nitrogen and oxygen atoms in total. The molecule has 0 aromatic heterocycles. The molecule has 0 unspecified atom stereocenters. The van der Waals surface area contributed by atoms with Gasteiger partial charge in [0.25, 0.3) is 0 Å². The molecule has 1 atom stereocenters. The van der Waals surface area contributed by atoms with Gasteiger partial charge in [0.1, 0.15) is 0 Å². The van der Waals surface area contributed by atoms with Gasteiger partial charge in [-0.15, -0.1) is 0 Å². The summed E-state index contributed by atoms with van der Waals surface area (Å²) >= 11 is 0. The number of rotatable bonds is 3. The van der Waals surface area contributed by atoms with E-state index in [-0.39, 0.29) is 11.8 Å². The molecule has 110 valence electrons. The van der Waals surface area contributed by atoms with E-state index in [1.54, 1.807) is 0 Å². The maximum atomic E-state index is 12.5. The summed E-state index contributed by atoms with van der Waals surface area (Å²) in [7, 11) is 1.91. The molecule has 0 spiro atoms. The molecule has 0 bridgehead atoms. The Morgan fingerprint density at radius 1 is 1.24 bits per heavy atom. The largest absolute Gasteiger partial charge is 0.341 e. The number of piperidine rings is 1. The van der Waals surface area contributed by atoms with Crippen LogP contribution in [0.3, 0.4) is 0 Å². The van der Waals surface area contributed by atoms with Crippen LogP contribution in [0, 0.1) is 5.92 Å². The number of carbonyl (C=O) groups is 1. The van der Waals surface area contributed by atoms with Crippen molar-refractivity contribution in [1.82, 2.24) is 10.2 Å². The molecule has 1 aliphatic heterocycles. The molecule has 0 radical (unpaired) electrons. The summed E-state index contributed by atoms with van der Waals surface area (Å²) in [5.41, 5.74) is 1.19. The molecule has 1 N–H and O–H groups in total. The first-order valence-electron chi connectivity index (χ1n) is 7.67. The first-order chi connectivity index (χ1) is 10.2. The van der Waals surface area contributed by atoms with Gasteiger partial charge in [-0.25, -0.2) is 0 Å². The molecule has 21 heavy (non-hydrogen) atoms. The Morgan fingerprint density at radius 3 is 2.81 bits per heavy atom. The standard InChI is InChI=1S/C18H22N2O/c1-20(18(21)17-7-4-10-19-12-17)13-14-8-9-15-5-2-3-6-16(15)11-14/h2-3,5-6,8-9,11,17,19H,4,7,10,12-13H2,1H3/t17-/m0/s1. The average molecular weight is 282 g/mol.